The van der Waals surface area contributed by atoms with Crippen molar-refractivity contribution < 1.29 is 13.2 Å². The molecule has 2 aliphatic heterocycles. The third kappa shape index (κ3) is 3.25. The lowest BCUT2D eigenvalue weighted by Crippen LogP contribution is -2.38. The smallest absolute Gasteiger partial charge is 0.265 e. The lowest BCUT2D eigenvalue weighted by Gasteiger charge is -2.31. The van der Waals surface area contributed by atoms with Crippen LogP contribution in [0.25, 0.3) is 0 Å². The minimum absolute atomic E-state index is 0.0987. The molecule has 2 aliphatic rings. The number of sulfonamides is 1. The van der Waals surface area contributed by atoms with E-state index < -0.39 is 20.3 Å². The summed E-state index contributed by atoms with van der Waals surface area (Å²) in [5, 5.41) is 2.56. The van der Waals surface area contributed by atoms with Gasteiger partial charge in [0.1, 0.15) is 0 Å². The molecule has 1 amide bonds. The SMILES string of the molecule is O=C1Nc2ccc(S(=O)(=O)N3CCC(c4ccccc4)CC3)cc2C1(Cl)Cl. The van der Waals surface area contributed by atoms with Gasteiger partial charge >= 0.3 is 0 Å². The summed E-state index contributed by atoms with van der Waals surface area (Å²) in [5.74, 6) is -0.211. The van der Waals surface area contributed by atoms with Gasteiger partial charge in [0.05, 0.1) is 4.90 Å². The molecule has 0 saturated carbocycles. The van der Waals surface area contributed by atoms with Gasteiger partial charge < -0.3 is 5.32 Å². The fourth-order valence-corrected chi connectivity index (χ4v) is 5.58. The van der Waals surface area contributed by atoms with Gasteiger partial charge in [0.2, 0.25) is 14.4 Å². The molecule has 0 atom stereocenters. The molecule has 5 nitrogen and oxygen atoms in total. The van der Waals surface area contributed by atoms with Crippen molar-refractivity contribution in [1.29, 1.82) is 0 Å². The molecular formula is C19H18Cl2N2O3S. The van der Waals surface area contributed by atoms with E-state index in [1.54, 1.807) is 0 Å². The van der Waals surface area contributed by atoms with Gasteiger partial charge in [-0.1, -0.05) is 53.5 Å². The highest BCUT2D eigenvalue weighted by atomic mass is 35.5. The van der Waals surface area contributed by atoms with Crippen LogP contribution in [0.3, 0.4) is 0 Å². The largest absolute Gasteiger partial charge is 0.323 e. The molecule has 1 saturated heterocycles. The van der Waals surface area contributed by atoms with Crippen molar-refractivity contribution in [3.05, 3.63) is 59.7 Å². The Labute approximate surface area is 168 Å². The lowest BCUT2D eigenvalue weighted by molar-refractivity contribution is -0.116. The fraction of sp³-hybridized carbons (Fsp3) is 0.316. The maximum absolute atomic E-state index is 13.1. The number of amides is 1. The van der Waals surface area contributed by atoms with Crippen LogP contribution in [0.1, 0.15) is 29.9 Å². The molecule has 1 fully saturated rings. The molecule has 2 aromatic rings. The van der Waals surface area contributed by atoms with Gasteiger partial charge in [0, 0.05) is 24.3 Å². The van der Waals surface area contributed by atoms with E-state index in [0.717, 1.165) is 12.8 Å². The molecule has 4 rings (SSSR count). The number of rotatable bonds is 3. The van der Waals surface area contributed by atoms with E-state index in [2.05, 4.69) is 17.4 Å². The van der Waals surface area contributed by atoms with Gasteiger partial charge in [-0.3, -0.25) is 4.79 Å². The highest BCUT2D eigenvalue weighted by Gasteiger charge is 2.44. The van der Waals surface area contributed by atoms with Gasteiger partial charge in [-0.05, 0) is 42.5 Å². The van der Waals surface area contributed by atoms with Crippen LogP contribution in [0, 0.1) is 0 Å². The quantitative estimate of drug-likeness (QED) is 0.760. The highest BCUT2D eigenvalue weighted by Crippen LogP contribution is 2.45. The Morgan fingerprint density at radius 3 is 2.37 bits per heavy atom. The summed E-state index contributed by atoms with van der Waals surface area (Å²) >= 11 is 12.2. The lowest BCUT2D eigenvalue weighted by atomic mass is 9.90. The molecule has 1 N–H and O–H groups in total. The number of benzene rings is 2. The molecule has 0 aliphatic carbocycles. The number of halogens is 2. The van der Waals surface area contributed by atoms with Gasteiger partial charge in [-0.25, -0.2) is 8.42 Å². The predicted molar refractivity (Wildman–Crippen MR) is 106 cm³/mol. The zero-order valence-electron chi connectivity index (χ0n) is 14.4. The third-order valence-corrected chi connectivity index (χ3v) is 7.87. The van der Waals surface area contributed by atoms with Gasteiger partial charge in [0.15, 0.2) is 0 Å². The van der Waals surface area contributed by atoms with Crippen LogP contribution in [-0.4, -0.2) is 31.7 Å². The first-order valence-corrected chi connectivity index (χ1v) is 10.9. The Morgan fingerprint density at radius 1 is 1.04 bits per heavy atom. The summed E-state index contributed by atoms with van der Waals surface area (Å²) < 4.78 is 25.8. The predicted octanol–water partition coefficient (Wildman–Crippen LogP) is 3.84. The number of hydrogen-bond donors (Lipinski definition) is 1. The first-order chi connectivity index (χ1) is 12.8. The van der Waals surface area contributed by atoms with Crippen LogP contribution >= 0.6 is 23.2 Å². The van der Waals surface area contributed by atoms with E-state index in [-0.39, 0.29) is 10.5 Å². The molecule has 27 heavy (non-hydrogen) atoms. The van der Waals surface area contributed by atoms with Crippen molar-refractivity contribution in [2.24, 2.45) is 0 Å². The van der Waals surface area contributed by atoms with E-state index in [0.29, 0.717) is 24.7 Å². The summed E-state index contributed by atoms with van der Waals surface area (Å²) in [6.07, 6.45) is 1.53. The molecule has 8 heteroatoms. The second-order valence-electron chi connectivity index (χ2n) is 6.82. The fourth-order valence-electron chi connectivity index (χ4n) is 3.68. The van der Waals surface area contributed by atoms with Crippen molar-refractivity contribution in [2.75, 3.05) is 18.4 Å². The third-order valence-electron chi connectivity index (χ3n) is 5.23. The molecule has 0 radical (unpaired) electrons. The number of carbonyl (C=O) groups excluding carboxylic acids is 1. The van der Waals surface area contributed by atoms with Crippen LogP contribution in [0.2, 0.25) is 0 Å². The molecular weight excluding hydrogens is 407 g/mol. The van der Waals surface area contributed by atoms with Crippen molar-refractivity contribution in [3.8, 4) is 0 Å². The Kier molecular flexibility index (Phi) is 4.71. The van der Waals surface area contributed by atoms with Crippen molar-refractivity contribution in [3.63, 3.8) is 0 Å². The summed E-state index contributed by atoms with van der Waals surface area (Å²) in [5.41, 5.74) is 1.95. The number of piperidine rings is 1. The first-order valence-electron chi connectivity index (χ1n) is 8.69. The Morgan fingerprint density at radius 2 is 1.70 bits per heavy atom. The second-order valence-corrected chi connectivity index (χ2v) is 10.1. The molecule has 0 bridgehead atoms. The molecule has 0 aromatic heterocycles. The number of nitrogens with one attached hydrogen (secondary N) is 1. The minimum atomic E-state index is -3.68. The van der Waals surface area contributed by atoms with Crippen LogP contribution in [-0.2, 0) is 19.2 Å². The highest BCUT2D eigenvalue weighted by molar-refractivity contribution is 7.89. The number of carbonyl (C=O) groups is 1. The summed E-state index contributed by atoms with van der Waals surface area (Å²) in [6.45, 7) is 0.895. The van der Waals surface area contributed by atoms with Crippen LogP contribution in [0.5, 0.6) is 0 Å². The maximum Gasteiger partial charge on any atom is 0.265 e. The normalized spacial score (nSPS) is 20.3. The Bertz CT molecular complexity index is 985. The number of hydrogen-bond acceptors (Lipinski definition) is 3. The molecule has 142 valence electrons. The summed E-state index contributed by atoms with van der Waals surface area (Å²) in [7, 11) is -3.68. The molecule has 0 spiro atoms. The van der Waals surface area contributed by atoms with Crippen molar-refractivity contribution >= 4 is 44.8 Å². The zero-order valence-corrected chi connectivity index (χ0v) is 16.7. The molecule has 0 unspecified atom stereocenters. The number of nitrogens with zero attached hydrogens (tertiary/aromatic N) is 1. The van der Waals surface area contributed by atoms with Crippen LogP contribution in [0.4, 0.5) is 5.69 Å². The van der Waals surface area contributed by atoms with Crippen LogP contribution < -0.4 is 5.32 Å². The maximum atomic E-state index is 13.1. The average molecular weight is 425 g/mol. The van der Waals surface area contributed by atoms with E-state index in [1.165, 1.54) is 28.1 Å². The zero-order chi connectivity index (χ0) is 19.2. The van der Waals surface area contributed by atoms with Gasteiger partial charge in [-0.15, -0.1) is 0 Å². The number of anilines is 1. The topological polar surface area (TPSA) is 66.5 Å². The minimum Gasteiger partial charge on any atom is -0.323 e. The number of alkyl halides is 2. The first kappa shape index (κ1) is 18.7. The van der Waals surface area contributed by atoms with Gasteiger partial charge in [0.25, 0.3) is 5.91 Å². The van der Waals surface area contributed by atoms with Crippen molar-refractivity contribution in [1.82, 2.24) is 4.31 Å². The van der Waals surface area contributed by atoms with E-state index in [4.69, 9.17) is 23.2 Å². The van der Waals surface area contributed by atoms with Crippen molar-refractivity contribution in [2.45, 2.75) is 28.0 Å². The van der Waals surface area contributed by atoms with Crippen LogP contribution in [0.15, 0.2) is 53.4 Å². The summed E-state index contributed by atoms with van der Waals surface area (Å²) in [4.78, 5) is 12.0. The average Bonchev–Trinajstić information content (AvgIpc) is 2.91. The van der Waals surface area contributed by atoms with E-state index in [1.807, 2.05) is 18.2 Å². The molecule has 2 aromatic carbocycles. The van der Waals surface area contributed by atoms with E-state index >= 15 is 0 Å². The molecule has 2 heterocycles. The Hall–Kier alpha value is -1.60. The van der Waals surface area contributed by atoms with Gasteiger partial charge in [-0.2, -0.15) is 4.31 Å². The number of fused-ring (bicyclic) bond motifs is 1. The van der Waals surface area contributed by atoms with E-state index in [9.17, 15) is 13.2 Å². The summed E-state index contributed by atoms with van der Waals surface area (Å²) in [6, 6.07) is 14.6. The monoisotopic (exact) mass is 424 g/mol. The standard InChI is InChI=1S/C19H18Cl2N2O3S/c20-19(21)16-12-15(6-7-17(16)22-18(19)24)27(25,26)23-10-8-14(9-11-23)13-4-2-1-3-5-13/h1-7,12,14H,8-11H2,(H,22,24). The Balaban J connectivity index is 1.55. The second kappa shape index (κ2) is 6.78.